The molecule has 1 aliphatic rings. The van der Waals surface area contributed by atoms with E-state index in [1.54, 1.807) is 13.0 Å². The van der Waals surface area contributed by atoms with E-state index in [1.807, 2.05) is 30.3 Å². The third kappa shape index (κ3) is 4.95. The maximum Gasteiger partial charge on any atom is 0.341 e. The van der Waals surface area contributed by atoms with Gasteiger partial charge in [-0.25, -0.2) is 13.2 Å². The third-order valence-electron chi connectivity index (χ3n) is 4.34. The molecule has 1 atom stereocenters. The van der Waals surface area contributed by atoms with Crippen LogP contribution in [0.1, 0.15) is 30.1 Å². The molecule has 1 amide bonds. The summed E-state index contributed by atoms with van der Waals surface area (Å²) in [7, 11) is -3.03. The highest BCUT2D eigenvalue weighted by atomic mass is 32.2. The molecule has 1 aromatic carbocycles. The van der Waals surface area contributed by atoms with Gasteiger partial charge < -0.3 is 10.1 Å². The predicted octanol–water partition coefficient (Wildman–Crippen LogP) is 3.36. The van der Waals surface area contributed by atoms with Gasteiger partial charge in [0.1, 0.15) is 5.00 Å². The van der Waals surface area contributed by atoms with Crippen LogP contribution < -0.4 is 5.32 Å². The number of thiophene rings is 1. The molecule has 0 bridgehead atoms. The van der Waals surface area contributed by atoms with E-state index in [9.17, 15) is 18.0 Å². The molecule has 0 spiro atoms. The van der Waals surface area contributed by atoms with Gasteiger partial charge in [-0.1, -0.05) is 30.3 Å². The van der Waals surface area contributed by atoms with Crippen molar-refractivity contribution in [3.63, 3.8) is 0 Å². The molecular weight excluding hydrogens is 386 g/mol. The van der Waals surface area contributed by atoms with E-state index in [1.165, 1.54) is 11.3 Å². The van der Waals surface area contributed by atoms with Crippen LogP contribution in [0.3, 0.4) is 0 Å². The van der Waals surface area contributed by atoms with Crippen molar-refractivity contribution in [1.29, 1.82) is 0 Å². The number of nitrogens with one attached hydrogen (secondary N) is 1. The van der Waals surface area contributed by atoms with E-state index < -0.39 is 15.8 Å². The maximum atomic E-state index is 12.4. The van der Waals surface area contributed by atoms with Crippen molar-refractivity contribution in [1.82, 2.24) is 0 Å². The molecule has 0 unspecified atom stereocenters. The summed E-state index contributed by atoms with van der Waals surface area (Å²) in [5.41, 5.74) is 1.25. The lowest BCUT2D eigenvalue weighted by molar-refractivity contribution is -0.116. The van der Waals surface area contributed by atoms with Crippen molar-refractivity contribution in [2.24, 2.45) is 5.92 Å². The zero-order valence-electron chi connectivity index (χ0n) is 14.9. The zero-order valence-corrected chi connectivity index (χ0v) is 16.6. The molecule has 8 heteroatoms. The van der Waals surface area contributed by atoms with Crippen molar-refractivity contribution < 1.29 is 22.7 Å². The van der Waals surface area contributed by atoms with Gasteiger partial charge in [-0.05, 0) is 30.9 Å². The van der Waals surface area contributed by atoms with E-state index in [0.717, 1.165) is 10.4 Å². The van der Waals surface area contributed by atoms with Gasteiger partial charge in [0, 0.05) is 11.3 Å². The van der Waals surface area contributed by atoms with Gasteiger partial charge in [0.2, 0.25) is 5.91 Å². The highest BCUT2D eigenvalue weighted by Crippen LogP contribution is 2.36. The molecule has 1 N–H and O–H groups in total. The highest BCUT2D eigenvalue weighted by Gasteiger charge is 2.30. The number of carbonyl (C=O) groups is 2. The van der Waals surface area contributed by atoms with E-state index in [0.29, 0.717) is 17.0 Å². The van der Waals surface area contributed by atoms with Crippen LogP contribution in [0.5, 0.6) is 0 Å². The first-order valence-corrected chi connectivity index (χ1v) is 11.4. The van der Waals surface area contributed by atoms with E-state index in [2.05, 4.69) is 5.32 Å². The molecule has 2 aromatic rings. The fourth-order valence-electron chi connectivity index (χ4n) is 3.06. The Labute approximate surface area is 162 Å². The Kier molecular flexibility index (Phi) is 5.96. The van der Waals surface area contributed by atoms with E-state index in [-0.39, 0.29) is 36.4 Å². The van der Waals surface area contributed by atoms with Crippen LogP contribution in [0, 0.1) is 5.92 Å². The molecule has 0 radical (unpaired) electrons. The highest BCUT2D eigenvalue weighted by molar-refractivity contribution is 7.91. The van der Waals surface area contributed by atoms with Gasteiger partial charge in [-0.3, -0.25) is 4.79 Å². The lowest BCUT2D eigenvalue weighted by Gasteiger charge is -2.09. The molecule has 0 saturated carbocycles. The average molecular weight is 408 g/mol. The second-order valence-electron chi connectivity index (χ2n) is 6.46. The minimum atomic E-state index is -3.03. The Morgan fingerprint density at radius 3 is 2.63 bits per heavy atom. The van der Waals surface area contributed by atoms with Crippen LogP contribution in [0.25, 0.3) is 10.4 Å². The Bertz CT molecular complexity index is 934. The lowest BCUT2D eigenvalue weighted by Crippen LogP contribution is -2.18. The number of anilines is 1. The van der Waals surface area contributed by atoms with Crippen molar-refractivity contribution in [2.75, 3.05) is 23.4 Å². The number of hydrogen-bond donors (Lipinski definition) is 1. The average Bonchev–Trinajstić information content (AvgIpc) is 3.19. The summed E-state index contributed by atoms with van der Waals surface area (Å²) < 4.78 is 28.2. The number of ether oxygens (including phenoxy) is 1. The minimum absolute atomic E-state index is 0.0465. The SMILES string of the molecule is CCOC(=O)c1cc(-c2ccccc2)sc1NC(=O)C[C@H]1CCS(=O)(=O)C1. The number of sulfone groups is 1. The zero-order chi connectivity index (χ0) is 19.4. The van der Waals surface area contributed by atoms with Gasteiger partial charge in [0.05, 0.1) is 23.7 Å². The number of rotatable bonds is 6. The number of esters is 1. The number of amides is 1. The second kappa shape index (κ2) is 8.22. The second-order valence-corrected chi connectivity index (χ2v) is 9.74. The monoisotopic (exact) mass is 407 g/mol. The van der Waals surface area contributed by atoms with Gasteiger partial charge in [-0.2, -0.15) is 0 Å². The fourth-order valence-corrected chi connectivity index (χ4v) is 5.99. The van der Waals surface area contributed by atoms with Gasteiger partial charge in [0.25, 0.3) is 0 Å². The molecule has 144 valence electrons. The van der Waals surface area contributed by atoms with Crippen LogP contribution in [0.15, 0.2) is 36.4 Å². The Morgan fingerprint density at radius 1 is 1.26 bits per heavy atom. The topological polar surface area (TPSA) is 89.5 Å². The van der Waals surface area contributed by atoms with Crippen molar-refractivity contribution in [2.45, 2.75) is 19.8 Å². The number of hydrogen-bond acceptors (Lipinski definition) is 6. The molecule has 1 aliphatic heterocycles. The van der Waals surface area contributed by atoms with E-state index in [4.69, 9.17) is 4.74 Å². The van der Waals surface area contributed by atoms with Gasteiger partial charge in [0.15, 0.2) is 9.84 Å². The third-order valence-corrected chi connectivity index (χ3v) is 7.28. The van der Waals surface area contributed by atoms with Crippen LogP contribution in [-0.4, -0.2) is 38.4 Å². The van der Waals surface area contributed by atoms with E-state index >= 15 is 0 Å². The van der Waals surface area contributed by atoms with Crippen LogP contribution >= 0.6 is 11.3 Å². The normalized spacial score (nSPS) is 18.2. The summed E-state index contributed by atoms with van der Waals surface area (Å²) in [6, 6.07) is 11.3. The summed E-state index contributed by atoms with van der Waals surface area (Å²) in [4.78, 5) is 25.5. The minimum Gasteiger partial charge on any atom is -0.462 e. The Balaban J connectivity index is 1.79. The molecule has 6 nitrogen and oxygen atoms in total. The molecule has 27 heavy (non-hydrogen) atoms. The lowest BCUT2D eigenvalue weighted by atomic mass is 10.1. The Morgan fingerprint density at radius 2 is 2.00 bits per heavy atom. The van der Waals surface area contributed by atoms with Crippen LogP contribution in [-0.2, 0) is 19.4 Å². The summed E-state index contributed by atoms with van der Waals surface area (Å²) in [6.07, 6.45) is 0.625. The Hall–Kier alpha value is -2.19. The smallest absolute Gasteiger partial charge is 0.341 e. The first-order valence-electron chi connectivity index (χ1n) is 8.74. The van der Waals surface area contributed by atoms with Crippen LogP contribution in [0.2, 0.25) is 0 Å². The summed E-state index contributed by atoms with van der Waals surface area (Å²) in [6.45, 7) is 1.96. The van der Waals surface area contributed by atoms with Crippen LogP contribution in [0.4, 0.5) is 5.00 Å². The number of carbonyl (C=O) groups excluding carboxylic acids is 2. The largest absolute Gasteiger partial charge is 0.462 e. The predicted molar refractivity (Wildman–Crippen MR) is 106 cm³/mol. The number of benzene rings is 1. The molecule has 3 rings (SSSR count). The molecule has 1 saturated heterocycles. The molecule has 1 aromatic heterocycles. The standard InChI is InChI=1S/C19H21NO5S2/c1-2-25-19(22)15-11-16(14-6-4-3-5-7-14)26-18(15)20-17(21)10-13-8-9-27(23,24)12-13/h3-7,11,13H,2,8-10,12H2,1H3,(H,20,21)/t13-/m1/s1. The van der Waals surface area contributed by atoms with Crippen molar-refractivity contribution >= 4 is 38.1 Å². The first-order chi connectivity index (χ1) is 12.9. The first kappa shape index (κ1) is 19.6. The summed E-state index contributed by atoms with van der Waals surface area (Å²) in [5, 5.41) is 3.21. The maximum absolute atomic E-state index is 12.4. The fraction of sp³-hybridized carbons (Fsp3) is 0.368. The molecule has 1 fully saturated rings. The summed E-state index contributed by atoms with van der Waals surface area (Å²) in [5.74, 6) is -0.769. The molecule has 2 heterocycles. The van der Waals surface area contributed by atoms with Gasteiger partial charge >= 0.3 is 5.97 Å². The van der Waals surface area contributed by atoms with Gasteiger partial charge in [-0.15, -0.1) is 11.3 Å². The van der Waals surface area contributed by atoms with Crippen molar-refractivity contribution in [3.8, 4) is 10.4 Å². The summed E-state index contributed by atoms with van der Waals surface area (Å²) >= 11 is 1.30. The molecular formula is C19H21NO5S2. The molecule has 0 aliphatic carbocycles. The van der Waals surface area contributed by atoms with Crippen molar-refractivity contribution in [3.05, 3.63) is 42.0 Å². The quantitative estimate of drug-likeness (QED) is 0.742.